The van der Waals surface area contributed by atoms with Crippen molar-refractivity contribution >= 4 is 52.1 Å². The highest BCUT2D eigenvalue weighted by atomic mass is 35.5. The molecule has 0 aromatic heterocycles. The maximum atomic E-state index is 13.3. The molecule has 9 heteroatoms. The topological polar surface area (TPSA) is 76.2 Å². The van der Waals surface area contributed by atoms with Crippen LogP contribution < -0.4 is 9.80 Å². The molecule has 0 saturated carbocycles. The molecule has 1 amide bonds. The van der Waals surface area contributed by atoms with Crippen molar-refractivity contribution in [2.75, 3.05) is 55.9 Å². The van der Waals surface area contributed by atoms with Crippen LogP contribution in [0.25, 0.3) is 0 Å². The quantitative estimate of drug-likeness (QED) is 0.419. The average molecular weight is 513 g/mol. The summed E-state index contributed by atoms with van der Waals surface area (Å²) >= 11 is 11.8. The van der Waals surface area contributed by atoms with E-state index in [1.165, 1.54) is 25.2 Å². The summed E-state index contributed by atoms with van der Waals surface area (Å²) < 4.78 is 11.2. The minimum absolute atomic E-state index is 0.0462. The summed E-state index contributed by atoms with van der Waals surface area (Å²) in [7, 11) is 4.41. The Balaban J connectivity index is 2.29. The van der Waals surface area contributed by atoms with Crippen molar-refractivity contribution in [1.29, 1.82) is 0 Å². The van der Waals surface area contributed by atoms with Gasteiger partial charge in [-0.3, -0.25) is 14.4 Å². The van der Waals surface area contributed by atoms with Gasteiger partial charge in [-0.05, 0) is 42.8 Å². The van der Waals surface area contributed by atoms with Gasteiger partial charge >= 0.3 is 0 Å². The lowest BCUT2D eigenvalue weighted by atomic mass is 9.63. The number of carbonyl (C=O) groups excluding carboxylic acids is 3. The molecule has 1 aliphatic carbocycles. The second kappa shape index (κ2) is 11.7. The molecular weight excluding hydrogens is 479 g/mol. The van der Waals surface area contributed by atoms with Gasteiger partial charge in [-0.2, -0.15) is 0 Å². The van der Waals surface area contributed by atoms with Crippen LogP contribution in [0, 0.1) is 5.41 Å². The summed E-state index contributed by atoms with van der Waals surface area (Å²) in [6.07, 6.45) is 0.0936. The van der Waals surface area contributed by atoms with Crippen molar-refractivity contribution in [3.63, 3.8) is 0 Å². The van der Waals surface area contributed by atoms with E-state index in [2.05, 4.69) is 4.90 Å². The number of hydrogen-bond donors (Lipinski definition) is 0. The molecular formula is C25H34Cl2N2O5. The van der Waals surface area contributed by atoms with E-state index in [4.69, 9.17) is 32.7 Å². The molecule has 0 N–H and O–H groups in total. The monoisotopic (exact) mass is 512 g/mol. The van der Waals surface area contributed by atoms with Crippen molar-refractivity contribution in [3.05, 3.63) is 35.9 Å². The summed E-state index contributed by atoms with van der Waals surface area (Å²) in [6, 6.07) is 7.53. The Morgan fingerprint density at radius 1 is 1.06 bits per heavy atom. The first-order valence-corrected chi connectivity index (χ1v) is 12.2. The average Bonchev–Trinajstić information content (AvgIpc) is 2.80. The number of rotatable bonds is 11. The van der Waals surface area contributed by atoms with Gasteiger partial charge in [0.25, 0.3) is 0 Å². The highest BCUT2D eigenvalue weighted by molar-refractivity contribution is 6.18. The predicted octanol–water partition coefficient (Wildman–Crippen LogP) is 3.85. The third-order valence-electron chi connectivity index (χ3n) is 6.55. The number of halogens is 2. The molecule has 2 rings (SSSR count). The Hall–Kier alpha value is -1.93. The molecule has 0 fully saturated rings. The van der Waals surface area contributed by atoms with Gasteiger partial charge in [0.05, 0.1) is 0 Å². The van der Waals surface area contributed by atoms with Crippen molar-refractivity contribution in [2.45, 2.75) is 38.9 Å². The number of anilines is 2. The number of carbonyl (C=O) groups is 3. The Kier molecular flexibility index (Phi) is 9.71. The molecule has 2 unspecified atom stereocenters. The lowest BCUT2D eigenvalue weighted by Gasteiger charge is -2.48. The fourth-order valence-electron chi connectivity index (χ4n) is 4.57. The van der Waals surface area contributed by atoms with Crippen LogP contribution in [0.2, 0.25) is 0 Å². The molecule has 0 radical (unpaired) electrons. The van der Waals surface area contributed by atoms with Crippen LogP contribution in [0.4, 0.5) is 11.4 Å². The van der Waals surface area contributed by atoms with Gasteiger partial charge < -0.3 is 19.3 Å². The van der Waals surface area contributed by atoms with E-state index >= 15 is 0 Å². The zero-order valence-electron chi connectivity index (χ0n) is 20.7. The van der Waals surface area contributed by atoms with E-state index in [-0.39, 0.29) is 23.9 Å². The number of nitrogens with zero attached hydrogens (tertiary/aromatic N) is 2. The van der Waals surface area contributed by atoms with E-state index in [9.17, 15) is 14.4 Å². The number of amides is 1. The molecule has 1 aromatic rings. The first kappa shape index (κ1) is 28.3. The minimum Gasteiger partial charge on any atom is -0.370 e. The molecule has 0 spiro atoms. The molecule has 1 aliphatic rings. The standard InChI is InChI=1S/C25H34Cl2N2O5/c1-17-15-20(30)25(34-6,23(33-5)22(17)32)24(2,3)16-21(31)28(4)18-7-9-19(10-8-18)29(13-11-26)14-12-27/h7-10,15,23H,11-14,16H2,1-6H3. The maximum Gasteiger partial charge on any atom is 0.227 e. The van der Waals surface area contributed by atoms with Gasteiger partial charge in [-0.1, -0.05) is 13.8 Å². The van der Waals surface area contributed by atoms with E-state index in [0.29, 0.717) is 36.1 Å². The number of hydrogen-bond acceptors (Lipinski definition) is 6. The van der Waals surface area contributed by atoms with Gasteiger partial charge in [0.15, 0.2) is 23.3 Å². The van der Waals surface area contributed by atoms with E-state index in [1.807, 2.05) is 24.3 Å². The molecule has 34 heavy (non-hydrogen) atoms. The van der Waals surface area contributed by atoms with Crippen LogP contribution in [0.1, 0.15) is 27.2 Å². The van der Waals surface area contributed by atoms with E-state index < -0.39 is 17.1 Å². The normalized spacial score (nSPS) is 20.8. The summed E-state index contributed by atoms with van der Waals surface area (Å²) in [6.45, 7) is 6.39. The second-order valence-corrected chi connectivity index (χ2v) is 9.76. The number of benzene rings is 1. The third kappa shape index (κ3) is 5.33. The Bertz CT molecular complexity index is 926. The molecule has 0 saturated heterocycles. The summed E-state index contributed by atoms with van der Waals surface area (Å²) in [4.78, 5) is 42.9. The van der Waals surface area contributed by atoms with Gasteiger partial charge in [0.2, 0.25) is 5.91 Å². The number of alkyl halides is 2. The summed E-state index contributed by atoms with van der Waals surface area (Å²) in [5.41, 5.74) is -0.711. The van der Waals surface area contributed by atoms with Crippen LogP contribution in [0.15, 0.2) is 35.9 Å². The van der Waals surface area contributed by atoms with Gasteiger partial charge in [-0.25, -0.2) is 0 Å². The maximum absolute atomic E-state index is 13.3. The van der Waals surface area contributed by atoms with Crippen molar-refractivity contribution in [3.8, 4) is 0 Å². The Morgan fingerprint density at radius 2 is 1.59 bits per heavy atom. The number of methoxy groups -OCH3 is 2. The molecule has 0 aliphatic heterocycles. The van der Waals surface area contributed by atoms with E-state index in [0.717, 1.165) is 5.69 Å². The predicted molar refractivity (Wildman–Crippen MR) is 136 cm³/mol. The lowest BCUT2D eigenvalue weighted by Crippen LogP contribution is -2.66. The van der Waals surface area contributed by atoms with E-state index in [1.54, 1.807) is 27.8 Å². The molecule has 1 aromatic carbocycles. The van der Waals surface area contributed by atoms with Gasteiger partial charge in [0.1, 0.15) is 0 Å². The van der Waals surface area contributed by atoms with Crippen LogP contribution in [-0.2, 0) is 23.9 Å². The zero-order valence-corrected chi connectivity index (χ0v) is 22.2. The molecule has 0 heterocycles. The van der Waals surface area contributed by atoms with Crippen molar-refractivity contribution < 1.29 is 23.9 Å². The minimum atomic E-state index is -1.62. The smallest absolute Gasteiger partial charge is 0.227 e. The molecule has 2 atom stereocenters. The number of Topliss-reactive ketones (excluding diaryl/α,β-unsaturated/α-hetero) is 1. The van der Waals surface area contributed by atoms with Crippen LogP contribution in [0.3, 0.4) is 0 Å². The Morgan fingerprint density at radius 3 is 2.06 bits per heavy atom. The van der Waals surface area contributed by atoms with Crippen LogP contribution in [0.5, 0.6) is 0 Å². The highest BCUT2D eigenvalue weighted by Gasteiger charge is 2.61. The molecule has 7 nitrogen and oxygen atoms in total. The van der Waals surface area contributed by atoms with Gasteiger partial charge in [-0.15, -0.1) is 23.2 Å². The number of ether oxygens (including phenoxy) is 2. The first-order chi connectivity index (χ1) is 16.0. The fourth-order valence-corrected chi connectivity index (χ4v) is 4.98. The first-order valence-electron chi connectivity index (χ1n) is 11.1. The van der Waals surface area contributed by atoms with Crippen LogP contribution >= 0.6 is 23.2 Å². The number of ketones is 2. The third-order valence-corrected chi connectivity index (χ3v) is 6.89. The van der Waals surface area contributed by atoms with Crippen LogP contribution in [-0.4, -0.2) is 75.3 Å². The fraction of sp³-hybridized carbons (Fsp3) is 0.560. The SMILES string of the molecule is COC1C(=O)C(C)=CC(=O)C1(OC)C(C)(C)CC(=O)N(C)c1ccc(N(CCCl)CCCl)cc1. The molecule has 0 bridgehead atoms. The second-order valence-electron chi connectivity index (χ2n) is 9.01. The lowest BCUT2D eigenvalue weighted by molar-refractivity contribution is -0.191. The summed E-state index contributed by atoms with van der Waals surface area (Å²) in [5, 5.41) is 0. The molecule has 188 valence electrons. The largest absolute Gasteiger partial charge is 0.370 e. The summed E-state index contributed by atoms with van der Waals surface area (Å²) in [5.74, 6) is 0.0144. The Labute approximate surface area is 212 Å². The van der Waals surface area contributed by atoms with Gasteiger partial charge in [0, 0.05) is 69.3 Å². The zero-order chi connectivity index (χ0) is 25.7. The highest BCUT2D eigenvalue weighted by Crippen LogP contribution is 2.45. The van der Waals surface area contributed by atoms with Crippen molar-refractivity contribution in [2.24, 2.45) is 5.41 Å². The van der Waals surface area contributed by atoms with Crippen molar-refractivity contribution in [1.82, 2.24) is 0 Å².